The molecule has 0 saturated heterocycles. The number of carbonyl (C=O) groups excluding carboxylic acids is 1. The summed E-state index contributed by atoms with van der Waals surface area (Å²) in [6, 6.07) is 21.8. The summed E-state index contributed by atoms with van der Waals surface area (Å²) >= 11 is 1.70. The highest BCUT2D eigenvalue weighted by Crippen LogP contribution is 2.26. The van der Waals surface area contributed by atoms with Crippen LogP contribution >= 0.6 is 11.8 Å². The van der Waals surface area contributed by atoms with Crippen molar-refractivity contribution in [3.63, 3.8) is 0 Å². The van der Waals surface area contributed by atoms with Crippen LogP contribution in [0.1, 0.15) is 27.0 Å². The number of aromatic nitrogens is 2. The highest BCUT2D eigenvalue weighted by atomic mass is 32.2. The van der Waals surface area contributed by atoms with Gasteiger partial charge in [0.05, 0.1) is 18.1 Å². The Morgan fingerprint density at radius 3 is 2.61 bits per heavy atom. The Hall–Kier alpha value is -3.25. The number of ether oxygens (including phenoxy) is 1. The van der Waals surface area contributed by atoms with Crippen molar-refractivity contribution in [2.24, 2.45) is 7.05 Å². The van der Waals surface area contributed by atoms with Crippen molar-refractivity contribution in [2.75, 3.05) is 7.11 Å². The summed E-state index contributed by atoms with van der Waals surface area (Å²) in [5.74, 6) is 1.55. The van der Waals surface area contributed by atoms with Crippen LogP contribution in [0.3, 0.4) is 0 Å². The lowest BCUT2D eigenvalue weighted by atomic mass is 10.1. The van der Waals surface area contributed by atoms with Crippen LogP contribution in [0, 0.1) is 6.92 Å². The zero-order valence-electron chi connectivity index (χ0n) is 17.9. The second-order valence-electron chi connectivity index (χ2n) is 7.47. The van der Waals surface area contributed by atoms with Crippen LogP contribution in [-0.4, -0.2) is 22.6 Å². The van der Waals surface area contributed by atoms with Crippen LogP contribution in [0.2, 0.25) is 0 Å². The van der Waals surface area contributed by atoms with Gasteiger partial charge in [0.1, 0.15) is 5.75 Å². The zero-order valence-corrected chi connectivity index (χ0v) is 18.7. The zero-order chi connectivity index (χ0) is 21.8. The lowest BCUT2D eigenvalue weighted by Gasteiger charge is -2.07. The monoisotopic (exact) mass is 431 g/mol. The smallest absolute Gasteiger partial charge is 0.251 e. The standard InChI is InChI=1S/C25H25N3O2S/c1-17-5-4-6-19(13-17)16-31-25-27-22-12-9-20(14-23(22)28(25)2)24(29)26-15-18-7-10-21(30-3)11-8-18/h4-14H,15-16H2,1-3H3,(H,26,29). The summed E-state index contributed by atoms with van der Waals surface area (Å²) in [7, 11) is 3.63. The first-order valence-electron chi connectivity index (χ1n) is 10.1. The molecule has 0 fully saturated rings. The molecule has 4 aromatic rings. The number of nitrogens with zero attached hydrogens (tertiary/aromatic N) is 2. The van der Waals surface area contributed by atoms with E-state index in [-0.39, 0.29) is 5.91 Å². The summed E-state index contributed by atoms with van der Waals surface area (Å²) < 4.78 is 7.22. The van der Waals surface area contributed by atoms with Gasteiger partial charge in [0, 0.05) is 24.9 Å². The van der Waals surface area contributed by atoms with Gasteiger partial charge in [0.2, 0.25) is 0 Å². The number of hydrogen-bond donors (Lipinski definition) is 1. The molecule has 31 heavy (non-hydrogen) atoms. The molecule has 0 aliphatic heterocycles. The summed E-state index contributed by atoms with van der Waals surface area (Å²) in [6.07, 6.45) is 0. The van der Waals surface area contributed by atoms with Gasteiger partial charge in [0.15, 0.2) is 5.16 Å². The first-order valence-corrected chi connectivity index (χ1v) is 11.1. The van der Waals surface area contributed by atoms with Gasteiger partial charge in [-0.05, 0) is 48.4 Å². The van der Waals surface area contributed by atoms with E-state index >= 15 is 0 Å². The molecule has 0 atom stereocenters. The third-order valence-corrected chi connectivity index (χ3v) is 6.27. The molecule has 0 radical (unpaired) electrons. The van der Waals surface area contributed by atoms with Crippen LogP contribution in [-0.2, 0) is 19.3 Å². The Balaban J connectivity index is 1.45. The molecule has 0 saturated carbocycles. The number of carbonyl (C=O) groups is 1. The molecular formula is C25H25N3O2S. The Bertz CT molecular complexity index is 1220. The molecule has 0 unspecified atom stereocenters. The number of aryl methyl sites for hydroxylation is 2. The average molecular weight is 432 g/mol. The third kappa shape index (κ3) is 4.91. The third-order valence-electron chi connectivity index (χ3n) is 5.16. The number of imidazole rings is 1. The first kappa shape index (κ1) is 21.0. The second kappa shape index (κ2) is 9.27. The van der Waals surface area contributed by atoms with Crippen molar-refractivity contribution in [1.29, 1.82) is 0 Å². The van der Waals surface area contributed by atoms with Gasteiger partial charge in [-0.3, -0.25) is 4.79 Å². The quantitative estimate of drug-likeness (QED) is 0.413. The molecule has 1 aromatic heterocycles. The highest BCUT2D eigenvalue weighted by Gasteiger charge is 2.12. The van der Waals surface area contributed by atoms with Gasteiger partial charge in [0.25, 0.3) is 5.91 Å². The van der Waals surface area contributed by atoms with E-state index in [0.717, 1.165) is 33.3 Å². The minimum atomic E-state index is -0.104. The lowest BCUT2D eigenvalue weighted by Crippen LogP contribution is -2.22. The predicted molar refractivity (Wildman–Crippen MR) is 126 cm³/mol. The Morgan fingerprint density at radius 1 is 1.06 bits per heavy atom. The van der Waals surface area contributed by atoms with E-state index in [1.807, 2.05) is 49.5 Å². The predicted octanol–water partition coefficient (Wildman–Crippen LogP) is 5.11. The number of hydrogen-bond acceptors (Lipinski definition) is 4. The molecule has 4 rings (SSSR count). The number of benzene rings is 3. The second-order valence-corrected chi connectivity index (χ2v) is 8.41. The Morgan fingerprint density at radius 2 is 1.87 bits per heavy atom. The molecule has 1 amide bonds. The highest BCUT2D eigenvalue weighted by molar-refractivity contribution is 7.98. The fourth-order valence-electron chi connectivity index (χ4n) is 3.42. The van der Waals surface area contributed by atoms with Crippen LogP contribution < -0.4 is 10.1 Å². The molecule has 1 heterocycles. The van der Waals surface area contributed by atoms with E-state index in [2.05, 4.69) is 41.1 Å². The minimum absolute atomic E-state index is 0.104. The van der Waals surface area contributed by atoms with Crippen molar-refractivity contribution in [1.82, 2.24) is 14.9 Å². The molecule has 0 aliphatic carbocycles. The van der Waals surface area contributed by atoms with Gasteiger partial charge in [-0.2, -0.15) is 0 Å². The largest absolute Gasteiger partial charge is 0.497 e. The molecule has 5 nitrogen and oxygen atoms in total. The number of nitrogens with one attached hydrogen (secondary N) is 1. The maximum atomic E-state index is 12.7. The van der Waals surface area contributed by atoms with Crippen molar-refractivity contribution in [2.45, 2.75) is 24.4 Å². The molecular weight excluding hydrogens is 406 g/mol. The van der Waals surface area contributed by atoms with E-state index in [1.54, 1.807) is 18.9 Å². The molecule has 0 bridgehead atoms. The number of fused-ring (bicyclic) bond motifs is 1. The molecule has 158 valence electrons. The number of amides is 1. The van der Waals surface area contributed by atoms with E-state index < -0.39 is 0 Å². The van der Waals surface area contributed by atoms with E-state index in [1.165, 1.54) is 11.1 Å². The normalized spacial score (nSPS) is 10.9. The number of thioether (sulfide) groups is 1. The van der Waals surface area contributed by atoms with Gasteiger partial charge in [-0.25, -0.2) is 4.98 Å². The van der Waals surface area contributed by atoms with Crippen molar-refractivity contribution in [3.8, 4) is 5.75 Å². The molecule has 3 aromatic carbocycles. The first-order chi connectivity index (χ1) is 15.0. The maximum absolute atomic E-state index is 12.7. The Kier molecular flexibility index (Phi) is 6.28. The van der Waals surface area contributed by atoms with Crippen molar-refractivity contribution >= 4 is 28.7 Å². The van der Waals surface area contributed by atoms with Crippen molar-refractivity contribution < 1.29 is 9.53 Å². The average Bonchev–Trinajstić information content (AvgIpc) is 3.11. The van der Waals surface area contributed by atoms with Gasteiger partial charge in [-0.15, -0.1) is 0 Å². The van der Waals surface area contributed by atoms with Gasteiger partial charge < -0.3 is 14.6 Å². The fourth-order valence-corrected chi connectivity index (χ4v) is 4.35. The minimum Gasteiger partial charge on any atom is -0.497 e. The van der Waals surface area contributed by atoms with Crippen LogP contribution in [0.25, 0.3) is 11.0 Å². The maximum Gasteiger partial charge on any atom is 0.251 e. The molecule has 0 spiro atoms. The molecule has 1 N–H and O–H groups in total. The summed E-state index contributed by atoms with van der Waals surface area (Å²) in [5.41, 5.74) is 6.01. The van der Waals surface area contributed by atoms with E-state index in [9.17, 15) is 4.79 Å². The molecule has 6 heteroatoms. The summed E-state index contributed by atoms with van der Waals surface area (Å²) in [4.78, 5) is 17.4. The van der Waals surface area contributed by atoms with Crippen LogP contribution in [0.15, 0.2) is 71.9 Å². The van der Waals surface area contributed by atoms with Crippen molar-refractivity contribution in [3.05, 3.63) is 89.0 Å². The van der Waals surface area contributed by atoms with Gasteiger partial charge in [-0.1, -0.05) is 53.7 Å². The molecule has 0 aliphatic rings. The van der Waals surface area contributed by atoms with Crippen LogP contribution in [0.5, 0.6) is 5.75 Å². The topological polar surface area (TPSA) is 56.1 Å². The summed E-state index contributed by atoms with van der Waals surface area (Å²) in [6.45, 7) is 2.56. The number of rotatable bonds is 7. The number of methoxy groups -OCH3 is 1. The Labute approximate surface area is 186 Å². The van der Waals surface area contributed by atoms with Crippen LogP contribution in [0.4, 0.5) is 0 Å². The SMILES string of the molecule is COc1ccc(CNC(=O)c2ccc3nc(SCc4cccc(C)c4)n(C)c3c2)cc1. The van der Waals surface area contributed by atoms with E-state index in [0.29, 0.717) is 12.1 Å². The fraction of sp³-hybridized carbons (Fsp3) is 0.200. The summed E-state index contributed by atoms with van der Waals surface area (Å²) in [5, 5.41) is 3.92. The van der Waals surface area contributed by atoms with Gasteiger partial charge >= 0.3 is 0 Å². The van der Waals surface area contributed by atoms with E-state index in [4.69, 9.17) is 9.72 Å². The lowest BCUT2D eigenvalue weighted by molar-refractivity contribution is 0.0951.